The molecule has 0 fully saturated rings. The second-order valence-electron chi connectivity index (χ2n) is 7.63. The van der Waals surface area contributed by atoms with E-state index in [4.69, 9.17) is 14.5 Å². The van der Waals surface area contributed by atoms with E-state index < -0.39 is 0 Å². The van der Waals surface area contributed by atoms with Crippen molar-refractivity contribution in [1.29, 1.82) is 0 Å². The molecule has 0 aliphatic heterocycles. The van der Waals surface area contributed by atoms with Gasteiger partial charge in [-0.1, -0.05) is 26.8 Å². The maximum absolute atomic E-state index is 5.74. The van der Waals surface area contributed by atoms with E-state index in [2.05, 4.69) is 58.3 Å². The van der Waals surface area contributed by atoms with Gasteiger partial charge in [-0.25, -0.2) is 0 Å². The van der Waals surface area contributed by atoms with Crippen LogP contribution >= 0.6 is 0 Å². The van der Waals surface area contributed by atoms with E-state index in [9.17, 15) is 0 Å². The summed E-state index contributed by atoms with van der Waals surface area (Å²) < 4.78 is 13.5. The number of benzene rings is 1. The molecule has 2 rings (SSSR count). The minimum atomic E-state index is 0.503. The first kappa shape index (κ1) is 24.5. The van der Waals surface area contributed by atoms with Crippen LogP contribution in [-0.2, 0) is 19.4 Å². The number of guanidine groups is 1. The molecule has 2 N–H and O–H groups in total. The zero-order chi connectivity index (χ0) is 22.5. The van der Waals surface area contributed by atoms with Crippen LogP contribution in [0.15, 0.2) is 29.5 Å². The average Bonchev–Trinajstić information content (AvgIpc) is 3.21. The van der Waals surface area contributed by atoms with E-state index in [0.29, 0.717) is 19.1 Å². The number of aliphatic imine (C=N–C) groups is 1. The molecular formula is C23H38N6O2. The van der Waals surface area contributed by atoms with Crippen molar-refractivity contribution < 1.29 is 9.47 Å². The van der Waals surface area contributed by atoms with E-state index >= 15 is 0 Å². The summed E-state index contributed by atoms with van der Waals surface area (Å²) in [5, 5.41) is 15.0. The SMILES string of the molecule is CCOc1ccc(CCNC(=NCC(C)C)NCCn2cnnc2CC)cc1OCC. The normalized spacial score (nSPS) is 11.6. The Hall–Kier alpha value is -2.77. The molecule has 0 aliphatic carbocycles. The lowest BCUT2D eigenvalue weighted by atomic mass is 10.1. The van der Waals surface area contributed by atoms with Gasteiger partial charge < -0.3 is 24.7 Å². The van der Waals surface area contributed by atoms with Crippen LogP contribution in [0.1, 0.15) is 46.0 Å². The van der Waals surface area contributed by atoms with Crippen molar-refractivity contribution in [3.05, 3.63) is 35.9 Å². The number of hydrogen-bond acceptors (Lipinski definition) is 5. The summed E-state index contributed by atoms with van der Waals surface area (Å²) in [6.45, 7) is 14.7. The molecule has 0 unspecified atom stereocenters. The highest BCUT2D eigenvalue weighted by Crippen LogP contribution is 2.28. The van der Waals surface area contributed by atoms with Gasteiger partial charge in [0, 0.05) is 32.6 Å². The molecule has 1 heterocycles. The van der Waals surface area contributed by atoms with Crippen LogP contribution in [0, 0.1) is 5.92 Å². The molecular weight excluding hydrogens is 392 g/mol. The molecule has 31 heavy (non-hydrogen) atoms. The Bertz CT molecular complexity index is 803. The van der Waals surface area contributed by atoms with Crippen LogP contribution in [0.5, 0.6) is 11.5 Å². The minimum Gasteiger partial charge on any atom is -0.490 e. The predicted octanol–water partition coefficient (Wildman–Crippen LogP) is 3.07. The van der Waals surface area contributed by atoms with Gasteiger partial charge in [-0.05, 0) is 43.9 Å². The highest BCUT2D eigenvalue weighted by atomic mass is 16.5. The van der Waals surface area contributed by atoms with Crippen molar-refractivity contribution in [2.45, 2.75) is 54.0 Å². The zero-order valence-electron chi connectivity index (χ0n) is 19.6. The van der Waals surface area contributed by atoms with Crippen molar-refractivity contribution in [3.8, 4) is 11.5 Å². The van der Waals surface area contributed by atoms with E-state index in [1.165, 1.54) is 5.56 Å². The van der Waals surface area contributed by atoms with Gasteiger partial charge in [0.15, 0.2) is 17.5 Å². The summed E-state index contributed by atoms with van der Waals surface area (Å²) in [5.41, 5.74) is 1.19. The lowest BCUT2D eigenvalue weighted by Gasteiger charge is -2.15. The first-order chi connectivity index (χ1) is 15.1. The van der Waals surface area contributed by atoms with E-state index in [1.807, 2.05) is 19.9 Å². The van der Waals surface area contributed by atoms with Gasteiger partial charge in [0.1, 0.15) is 12.2 Å². The quantitative estimate of drug-likeness (QED) is 0.375. The van der Waals surface area contributed by atoms with Crippen molar-refractivity contribution in [2.75, 3.05) is 32.8 Å². The first-order valence-electron chi connectivity index (χ1n) is 11.3. The van der Waals surface area contributed by atoms with Crippen LogP contribution in [0.25, 0.3) is 0 Å². The van der Waals surface area contributed by atoms with Crippen molar-refractivity contribution in [3.63, 3.8) is 0 Å². The van der Waals surface area contributed by atoms with Gasteiger partial charge in [-0.2, -0.15) is 0 Å². The van der Waals surface area contributed by atoms with Gasteiger partial charge in [0.05, 0.1) is 13.2 Å². The van der Waals surface area contributed by atoms with Gasteiger partial charge >= 0.3 is 0 Å². The van der Waals surface area contributed by atoms with E-state index in [0.717, 1.165) is 62.3 Å². The molecule has 0 radical (unpaired) electrons. The number of nitrogens with one attached hydrogen (secondary N) is 2. The average molecular weight is 431 g/mol. The van der Waals surface area contributed by atoms with Gasteiger partial charge in [0.25, 0.3) is 0 Å². The molecule has 8 nitrogen and oxygen atoms in total. The number of ether oxygens (including phenoxy) is 2. The Morgan fingerprint density at radius 3 is 2.52 bits per heavy atom. The van der Waals surface area contributed by atoms with Crippen molar-refractivity contribution in [2.24, 2.45) is 10.9 Å². The van der Waals surface area contributed by atoms with Crippen molar-refractivity contribution in [1.82, 2.24) is 25.4 Å². The summed E-state index contributed by atoms with van der Waals surface area (Å²) in [4.78, 5) is 4.71. The van der Waals surface area contributed by atoms with Crippen molar-refractivity contribution >= 4 is 5.96 Å². The predicted molar refractivity (Wildman–Crippen MR) is 125 cm³/mol. The minimum absolute atomic E-state index is 0.503. The molecule has 1 aromatic carbocycles. The fourth-order valence-electron chi connectivity index (χ4n) is 3.06. The molecule has 0 aliphatic rings. The topological polar surface area (TPSA) is 85.6 Å². The molecule has 8 heteroatoms. The number of aryl methyl sites for hydroxylation is 1. The molecule has 0 amide bonds. The maximum Gasteiger partial charge on any atom is 0.191 e. The Labute approximate surface area is 186 Å². The largest absolute Gasteiger partial charge is 0.490 e. The molecule has 0 atom stereocenters. The fraction of sp³-hybridized carbons (Fsp3) is 0.609. The molecule has 2 aromatic rings. The van der Waals surface area contributed by atoms with Crippen LogP contribution in [0.3, 0.4) is 0 Å². The molecule has 0 spiro atoms. The third kappa shape index (κ3) is 8.47. The lowest BCUT2D eigenvalue weighted by Crippen LogP contribution is -2.40. The van der Waals surface area contributed by atoms with E-state index in [1.54, 1.807) is 6.33 Å². The number of aromatic nitrogens is 3. The lowest BCUT2D eigenvalue weighted by molar-refractivity contribution is 0.287. The Kier molecular flexibility index (Phi) is 10.7. The van der Waals surface area contributed by atoms with Crippen LogP contribution in [0.2, 0.25) is 0 Å². The monoisotopic (exact) mass is 430 g/mol. The summed E-state index contributed by atoms with van der Waals surface area (Å²) >= 11 is 0. The van der Waals surface area contributed by atoms with Crippen LogP contribution in [-0.4, -0.2) is 53.6 Å². The molecule has 1 aromatic heterocycles. The second kappa shape index (κ2) is 13.5. The molecule has 172 valence electrons. The third-order valence-electron chi connectivity index (χ3n) is 4.59. The Morgan fingerprint density at radius 2 is 1.81 bits per heavy atom. The molecule has 0 saturated heterocycles. The summed E-state index contributed by atoms with van der Waals surface area (Å²) in [6, 6.07) is 6.14. The zero-order valence-corrected chi connectivity index (χ0v) is 19.6. The highest BCUT2D eigenvalue weighted by molar-refractivity contribution is 5.79. The molecule has 0 saturated carbocycles. The smallest absolute Gasteiger partial charge is 0.191 e. The second-order valence-corrected chi connectivity index (χ2v) is 7.63. The van der Waals surface area contributed by atoms with Crippen LogP contribution in [0.4, 0.5) is 0 Å². The summed E-state index contributed by atoms with van der Waals surface area (Å²) in [6.07, 6.45) is 3.51. The number of hydrogen-bond donors (Lipinski definition) is 2. The van der Waals surface area contributed by atoms with E-state index in [-0.39, 0.29) is 0 Å². The summed E-state index contributed by atoms with van der Waals surface area (Å²) in [7, 11) is 0. The standard InChI is InChI=1S/C23H38N6O2/c1-6-22-28-27-17-29(22)14-13-25-23(26-16-18(4)5)24-12-11-19-9-10-20(30-7-2)21(15-19)31-8-3/h9-10,15,17-18H,6-8,11-14,16H2,1-5H3,(H2,24,25,26). The first-order valence-corrected chi connectivity index (χ1v) is 11.3. The van der Waals surface area contributed by atoms with Gasteiger partial charge in [-0.15, -0.1) is 10.2 Å². The summed E-state index contributed by atoms with van der Waals surface area (Å²) in [5.74, 6) is 3.92. The maximum atomic E-state index is 5.74. The molecule has 0 bridgehead atoms. The van der Waals surface area contributed by atoms with Crippen LogP contribution < -0.4 is 20.1 Å². The Morgan fingerprint density at radius 1 is 1.06 bits per heavy atom. The fourth-order valence-corrected chi connectivity index (χ4v) is 3.06. The van der Waals surface area contributed by atoms with Gasteiger partial charge in [0.2, 0.25) is 0 Å². The highest BCUT2D eigenvalue weighted by Gasteiger charge is 2.07. The van der Waals surface area contributed by atoms with Gasteiger partial charge in [-0.3, -0.25) is 4.99 Å². The third-order valence-corrected chi connectivity index (χ3v) is 4.59. The number of rotatable bonds is 13. The number of nitrogens with zero attached hydrogens (tertiary/aromatic N) is 4. The Balaban J connectivity index is 1.91.